The van der Waals surface area contributed by atoms with E-state index in [1.54, 1.807) is 0 Å². The van der Waals surface area contributed by atoms with Crippen LogP contribution in [0.2, 0.25) is 0 Å². The molecule has 0 aliphatic rings. The van der Waals surface area contributed by atoms with Crippen LogP contribution in [0.5, 0.6) is 5.75 Å². The summed E-state index contributed by atoms with van der Waals surface area (Å²) in [5.74, 6) is 0.312. The van der Waals surface area contributed by atoms with Crippen LogP contribution in [-0.2, 0) is 20.1 Å². The maximum absolute atomic E-state index is 12.3. The number of benzene rings is 1. The molecule has 1 aromatic rings. The van der Waals surface area contributed by atoms with E-state index in [4.69, 9.17) is 4.52 Å². The molecule has 0 heterocycles. The number of hydrogen-bond acceptors (Lipinski definition) is 4. The van der Waals surface area contributed by atoms with Gasteiger partial charge in [0.2, 0.25) is 0 Å². The lowest BCUT2D eigenvalue weighted by atomic mass is 9.78. The summed E-state index contributed by atoms with van der Waals surface area (Å²) in [5, 5.41) is 11.0. The number of aromatic hydroxyl groups is 1. The molecule has 5 heteroatoms. The average Bonchev–Trinajstić information content (AvgIpc) is 3.11. The highest BCUT2D eigenvalue weighted by Crippen LogP contribution is 2.45. The third-order valence-corrected chi connectivity index (χ3v) is 12.3. The van der Waals surface area contributed by atoms with Gasteiger partial charge in [-0.15, -0.1) is 4.52 Å². The van der Waals surface area contributed by atoms with Gasteiger partial charge in [-0.3, -0.25) is 0 Å². The molecule has 1 unspecified atom stereocenters. The minimum atomic E-state index is -3.02. The number of rotatable bonds is 37. The van der Waals surface area contributed by atoms with E-state index in [1.165, 1.54) is 180 Å². The second-order valence-corrected chi connectivity index (χ2v) is 18.5. The van der Waals surface area contributed by atoms with Crippen LogP contribution in [0.4, 0.5) is 0 Å². The minimum absolute atomic E-state index is 0.265. The molecule has 0 amide bonds. The first-order valence-electron chi connectivity index (χ1n) is 23.3. The highest BCUT2D eigenvalue weighted by molar-refractivity contribution is 7.30. The summed E-state index contributed by atoms with van der Waals surface area (Å²) >= 11 is 0. The predicted octanol–water partition coefficient (Wildman–Crippen LogP) is 16.5. The molecule has 4 nitrogen and oxygen atoms in total. The van der Waals surface area contributed by atoms with Crippen LogP contribution >= 0.6 is 8.25 Å². The largest absolute Gasteiger partial charge is 0.566 e. The van der Waals surface area contributed by atoms with Gasteiger partial charge in [-0.2, -0.15) is 0 Å². The lowest BCUT2D eigenvalue weighted by molar-refractivity contribution is -0.198. The van der Waals surface area contributed by atoms with Crippen molar-refractivity contribution in [2.75, 3.05) is 0 Å². The van der Waals surface area contributed by atoms with E-state index >= 15 is 0 Å². The van der Waals surface area contributed by atoms with Crippen molar-refractivity contribution >= 4 is 8.25 Å². The number of phenolic OH excluding ortho intramolecular Hbond substituents is 1. The van der Waals surface area contributed by atoms with Gasteiger partial charge in [0.25, 0.3) is 0 Å². The van der Waals surface area contributed by atoms with Crippen molar-refractivity contribution in [1.29, 1.82) is 0 Å². The van der Waals surface area contributed by atoms with Crippen molar-refractivity contribution in [3.05, 3.63) is 28.8 Å². The molecule has 0 spiro atoms. The molecule has 1 aromatic carbocycles. The normalized spacial score (nSPS) is 12.5. The highest BCUT2D eigenvalue weighted by Gasteiger charge is 2.40. The molecule has 1 rings (SSSR count). The van der Waals surface area contributed by atoms with Crippen LogP contribution in [0.25, 0.3) is 0 Å². The van der Waals surface area contributed by atoms with Gasteiger partial charge in [0, 0.05) is 0 Å². The molecule has 310 valence electrons. The Labute approximate surface area is 331 Å². The van der Waals surface area contributed by atoms with E-state index in [2.05, 4.69) is 34.6 Å². The fourth-order valence-electron chi connectivity index (χ4n) is 8.23. The van der Waals surface area contributed by atoms with Gasteiger partial charge in [-0.1, -0.05) is 240 Å². The molecule has 1 N–H and O–H groups in total. The molecule has 0 fully saturated rings. The fraction of sp³-hybridized carbons (Fsp3) is 0.875. The quantitative estimate of drug-likeness (QED) is 0.0542. The maximum Gasteiger partial charge on any atom is 0.489 e. The topological polar surface area (TPSA) is 69.6 Å². The third kappa shape index (κ3) is 25.0. The zero-order valence-corrected chi connectivity index (χ0v) is 37.2. The van der Waals surface area contributed by atoms with Crippen LogP contribution in [0.1, 0.15) is 270 Å². The summed E-state index contributed by atoms with van der Waals surface area (Å²) in [4.78, 5) is 12.3. The van der Waals surface area contributed by atoms with Crippen molar-refractivity contribution in [3.8, 4) is 5.75 Å². The van der Waals surface area contributed by atoms with Gasteiger partial charge in [0.05, 0.1) is 0 Å². The van der Waals surface area contributed by atoms with Crippen molar-refractivity contribution < 1.29 is 19.1 Å². The highest BCUT2D eigenvalue weighted by atomic mass is 31.1. The molecule has 0 aliphatic carbocycles. The van der Waals surface area contributed by atoms with E-state index in [-0.39, 0.29) is 5.41 Å². The lowest BCUT2D eigenvalue weighted by Gasteiger charge is -2.32. The zero-order chi connectivity index (χ0) is 39.0. The molecule has 1 atom stereocenters. The number of phenols is 1. The Kier molecular flexibility index (Phi) is 30.4. The maximum atomic E-state index is 12.3. The van der Waals surface area contributed by atoms with E-state index in [0.717, 1.165) is 42.4 Å². The van der Waals surface area contributed by atoms with Crippen LogP contribution in [-0.4, -0.2) is 5.11 Å². The Morgan fingerprint density at radius 2 is 0.811 bits per heavy atom. The Morgan fingerprint density at radius 1 is 0.528 bits per heavy atom. The first-order chi connectivity index (χ1) is 25.6. The van der Waals surface area contributed by atoms with Gasteiger partial charge in [-0.25, -0.2) is 0 Å². The van der Waals surface area contributed by atoms with Crippen molar-refractivity contribution in [3.63, 3.8) is 0 Å². The summed E-state index contributed by atoms with van der Waals surface area (Å²) in [6.07, 6.45) is 43.5. The monoisotopic (exact) mass is 761 g/mol. The van der Waals surface area contributed by atoms with E-state index < -0.39 is 13.9 Å². The first-order valence-corrected chi connectivity index (χ1v) is 24.3. The molecule has 0 bridgehead atoms. The summed E-state index contributed by atoms with van der Waals surface area (Å²) in [7, 11) is -3.02. The van der Waals surface area contributed by atoms with E-state index in [0.29, 0.717) is 18.6 Å². The number of hydrogen-bond donors (Lipinski definition) is 1. The smallest absolute Gasteiger partial charge is 0.489 e. The number of unbranched alkanes of at least 4 members (excludes halogenated alkanes) is 30. The Balaban J connectivity index is 2.57. The first kappa shape index (κ1) is 50.1. The fourth-order valence-corrected chi connectivity index (χ4v) is 8.81. The van der Waals surface area contributed by atoms with Gasteiger partial charge < -0.3 is 10.00 Å². The van der Waals surface area contributed by atoms with Crippen molar-refractivity contribution in [1.82, 2.24) is 0 Å². The summed E-state index contributed by atoms with van der Waals surface area (Å²) < 4.78 is 18.3. The summed E-state index contributed by atoms with van der Waals surface area (Å²) in [6.45, 7) is 12.8. The van der Waals surface area contributed by atoms with Crippen LogP contribution < -0.4 is 4.89 Å². The summed E-state index contributed by atoms with van der Waals surface area (Å²) in [6, 6.07) is 4.03. The Morgan fingerprint density at radius 3 is 1.08 bits per heavy atom. The van der Waals surface area contributed by atoms with Gasteiger partial charge in [-0.05, 0) is 58.6 Å². The molecule has 53 heavy (non-hydrogen) atoms. The molecule has 0 saturated heterocycles. The van der Waals surface area contributed by atoms with Crippen molar-refractivity contribution in [2.24, 2.45) is 0 Å². The summed E-state index contributed by atoms with van der Waals surface area (Å²) in [5.41, 5.74) is 1.43. The second kappa shape index (κ2) is 32.2. The average molecular weight is 761 g/mol. The van der Waals surface area contributed by atoms with E-state index in [1.807, 2.05) is 19.1 Å². The third-order valence-electron chi connectivity index (χ3n) is 11.8. The van der Waals surface area contributed by atoms with E-state index in [9.17, 15) is 14.6 Å². The van der Waals surface area contributed by atoms with Gasteiger partial charge in [0.1, 0.15) is 11.4 Å². The zero-order valence-electron chi connectivity index (χ0n) is 36.3. The number of aryl methyl sites for hydroxylation is 1. The molecular formula is C48H89O4P. The van der Waals surface area contributed by atoms with Gasteiger partial charge >= 0.3 is 8.25 Å². The van der Waals surface area contributed by atoms with Crippen molar-refractivity contribution in [2.45, 2.75) is 271 Å². The predicted molar refractivity (Wildman–Crippen MR) is 230 cm³/mol. The van der Waals surface area contributed by atoms with Crippen LogP contribution in [0, 0.1) is 6.92 Å². The minimum Gasteiger partial charge on any atom is -0.566 e. The SMILES string of the molecule is CCCCCCCCCCCCCCCCCCC(CCCCCCCCCCCCCCCCCC)(O[P+](=O)[O-])c1cc(C)c(O)c(C(C)(C)C)c1. The Bertz CT molecular complexity index is 980. The van der Waals surface area contributed by atoms with Crippen LogP contribution in [0.15, 0.2) is 12.1 Å². The second-order valence-electron chi connectivity index (χ2n) is 17.9. The van der Waals surface area contributed by atoms with Crippen LogP contribution in [0.3, 0.4) is 0 Å². The molecular weight excluding hydrogens is 671 g/mol. The lowest BCUT2D eigenvalue weighted by Crippen LogP contribution is -2.30. The Hall–Kier alpha value is -0.960. The standard InChI is InChI=1S/C48H89O4P/c1-7-9-11-13-15-17-19-21-23-25-27-29-31-33-35-37-39-48(52-53(50)51,44-41-43(3)46(49)45(42-44)47(4,5)6)40-38-36-34-32-30-28-26-24-22-20-18-16-14-12-10-8-2/h41-42,49H,7-40H2,1-6H3. The molecule has 0 aliphatic heterocycles. The molecule has 0 radical (unpaired) electrons. The van der Waals surface area contributed by atoms with Gasteiger partial charge in [0.15, 0.2) is 0 Å². The molecule has 0 aromatic heterocycles. The molecule has 0 saturated carbocycles.